The maximum Gasteiger partial charge on any atom is 0.301 e. The van der Waals surface area contributed by atoms with E-state index in [-0.39, 0.29) is 11.3 Å². The number of nitrogen functional groups attached to an aromatic ring is 1. The lowest BCUT2D eigenvalue weighted by Crippen LogP contribution is -2.17. The van der Waals surface area contributed by atoms with Crippen LogP contribution in [0.25, 0.3) is 0 Å². The molecule has 2 rings (SSSR count). The second-order valence-corrected chi connectivity index (χ2v) is 3.68. The van der Waals surface area contributed by atoms with E-state index in [0.29, 0.717) is 0 Å². The fraction of sp³-hybridized carbons (Fsp3) is 0.0769. The van der Waals surface area contributed by atoms with Crippen molar-refractivity contribution in [1.29, 1.82) is 0 Å². The molecule has 0 atom stereocenters. The van der Waals surface area contributed by atoms with E-state index in [0.717, 1.165) is 18.2 Å². The Morgan fingerprint density at radius 3 is 2.29 bits per heavy atom. The number of anilines is 1. The first-order valence-electron chi connectivity index (χ1n) is 5.00. The normalized spacial score (nSPS) is 11.5. The van der Waals surface area contributed by atoms with E-state index in [2.05, 4.69) is 0 Å². The fourth-order valence-corrected chi connectivity index (χ4v) is 1.61. The summed E-state index contributed by atoms with van der Waals surface area (Å²) >= 11 is 0. The molecule has 1 nitrogen and oxygen atoms in total. The number of hydrogen-bond acceptors (Lipinski definition) is 1. The molecule has 0 fully saturated rings. The van der Waals surface area contributed by atoms with Gasteiger partial charge in [-0.1, -0.05) is 24.3 Å². The molecule has 0 radical (unpaired) electrons. The van der Waals surface area contributed by atoms with E-state index in [4.69, 9.17) is 5.73 Å². The third kappa shape index (κ3) is 2.11. The topological polar surface area (TPSA) is 26.0 Å². The van der Waals surface area contributed by atoms with Crippen molar-refractivity contribution in [2.45, 2.75) is 5.92 Å². The Bertz CT molecular complexity index is 538. The van der Waals surface area contributed by atoms with Crippen molar-refractivity contribution in [2.75, 3.05) is 5.73 Å². The number of alkyl halides is 2. The second kappa shape index (κ2) is 4.13. The molecule has 4 heteroatoms. The van der Waals surface area contributed by atoms with Crippen LogP contribution in [0, 0.1) is 5.82 Å². The third-order valence-corrected chi connectivity index (χ3v) is 2.46. The largest absolute Gasteiger partial charge is 0.399 e. The van der Waals surface area contributed by atoms with Gasteiger partial charge in [-0.05, 0) is 24.3 Å². The lowest BCUT2D eigenvalue weighted by atomic mass is 9.99. The predicted molar refractivity (Wildman–Crippen MR) is 60.3 cm³/mol. The Hall–Kier alpha value is -1.97. The van der Waals surface area contributed by atoms with Crippen molar-refractivity contribution in [3.05, 3.63) is 65.5 Å². The maximum atomic E-state index is 14.0. The summed E-state index contributed by atoms with van der Waals surface area (Å²) in [5.41, 5.74) is 4.70. The molecule has 0 spiro atoms. The molecule has 0 aliphatic rings. The van der Waals surface area contributed by atoms with Gasteiger partial charge in [-0.2, -0.15) is 8.78 Å². The van der Waals surface area contributed by atoms with Crippen LogP contribution in [0.1, 0.15) is 11.1 Å². The van der Waals surface area contributed by atoms with Crippen molar-refractivity contribution in [3.8, 4) is 0 Å². The lowest BCUT2D eigenvalue weighted by Gasteiger charge is -2.18. The number of benzene rings is 2. The van der Waals surface area contributed by atoms with Gasteiger partial charge in [-0.25, -0.2) is 4.39 Å². The summed E-state index contributed by atoms with van der Waals surface area (Å²) in [6.45, 7) is 0. The highest BCUT2D eigenvalue weighted by atomic mass is 19.3. The molecular weight excluding hydrogens is 227 g/mol. The Morgan fingerprint density at radius 2 is 1.65 bits per heavy atom. The summed E-state index contributed by atoms with van der Waals surface area (Å²) in [5.74, 6) is -4.32. The van der Waals surface area contributed by atoms with Crippen LogP contribution in [-0.4, -0.2) is 0 Å². The van der Waals surface area contributed by atoms with E-state index in [1.807, 2.05) is 0 Å². The predicted octanol–water partition coefficient (Wildman–Crippen LogP) is 3.55. The van der Waals surface area contributed by atoms with Gasteiger partial charge in [0.25, 0.3) is 0 Å². The summed E-state index contributed by atoms with van der Waals surface area (Å²) < 4.78 is 41.4. The lowest BCUT2D eigenvalue weighted by molar-refractivity contribution is 0.0389. The average molecular weight is 237 g/mol. The van der Waals surface area contributed by atoms with Crippen molar-refractivity contribution in [1.82, 2.24) is 0 Å². The smallest absolute Gasteiger partial charge is 0.301 e. The molecule has 0 heterocycles. The van der Waals surface area contributed by atoms with E-state index >= 15 is 0 Å². The molecular formula is C13H10F3N. The van der Waals surface area contributed by atoms with Crippen LogP contribution in [-0.2, 0) is 5.92 Å². The van der Waals surface area contributed by atoms with Gasteiger partial charge in [0.1, 0.15) is 5.82 Å². The summed E-state index contributed by atoms with van der Waals surface area (Å²) in [6.07, 6.45) is 0. The quantitative estimate of drug-likeness (QED) is 0.794. The molecule has 17 heavy (non-hydrogen) atoms. The molecule has 2 N–H and O–H groups in total. The van der Waals surface area contributed by atoms with E-state index < -0.39 is 17.3 Å². The van der Waals surface area contributed by atoms with Gasteiger partial charge >= 0.3 is 5.92 Å². The average Bonchev–Trinajstić information content (AvgIpc) is 2.29. The molecule has 0 unspecified atom stereocenters. The van der Waals surface area contributed by atoms with Gasteiger partial charge in [-0.15, -0.1) is 0 Å². The summed E-state index contributed by atoms with van der Waals surface area (Å²) in [5, 5.41) is 0. The number of nitrogens with two attached hydrogens (primary N) is 1. The van der Waals surface area contributed by atoms with E-state index in [9.17, 15) is 13.2 Å². The summed E-state index contributed by atoms with van der Waals surface area (Å²) in [6, 6.07) is 10.1. The van der Waals surface area contributed by atoms with Crippen LogP contribution in [0.5, 0.6) is 0 Å². The van der Waals surface area contributed by atoms with Crippen molar-refractivity contribution in [2.24, 2.45) is 0 Å². The third-order valence-electron chi connectivity index (χ3n) is 2.46. The monoisotopic (exact) mass is 237 g/mol. The van der Waals surface area contributed by atoms with Gasteiger partial charge in [-0.3, -0.25) is 0 Å². The van der Waals surface area contributed by atoms with Crippen molar-refractivity contribution >= 4 is 5.69 Å². The number of halogens is 3. The Kier molecular flexibility index (Phi) is 2.79. The van der Waals surface area contributed by atoms with Gasteiger partial charge in [0.05, 0.1) is 5.56 Å². The van der Waals surface area contributed by atoms with E-state index in [1.54, 1.807) is 0 Å². The van der Waals surface area contributed by atoms with Gasteiger partial charge in [0, 0.05) is 11.3 Å². The van der Waals surface area contributed by atoms with E-state index in [1.165, 1.54) is 30.3 Å². The Morgan fingerprint density at radius 1 is 0.941 bits per heavy atom. The van der Waals surface area contributed by atoms with Crippen LogP contribution in [0.3, 0.4) is 0 Å². The molecule has 2 aromatic carbocycles. The highest BCUT2D eigenvalue weighted by Gasteiger charge is 2.36. The molecule has 0 aromatic heterocycles. The minimum Gasteiger partial charge on any atom is -0.399 e. The minimum absolute atomic E-state index is 0.221. The van der Waals surface area contributed by atoms with Crippen molar-refractivity contribution in [3.63, 3.8) is 0 Å². The zero-order chi connectivity index (χ0) is 12.5. The number of hydrogen-bond donors (Lipinski definition) is 1. The standard InChI is InChI=1S/C13H10F3N/c14-12-7-2-1-6-11(12)13(15,16)9-4-3-5-10(17)8-9/h1-8H,17H2. The molecule has 0 amide bonds. The molecule has 0 saturated heterocycles. The van der Waals surface area contributed by atoms with Crippen LogP contribution in [0.15, 0.2) is 48.5 Å². The van der Waals surface area contributed by atoms with Crippen LogP contribution >= 0.6 is 0 Å². The van der Waals surface area contributed by atoms with Crippen molar-refractivity contribution < 1.29 is 13.2 Å². The maximum absolute atomic E-state index is 14.0. The SMILES string of the molecule is Nc1cccc(C(F)(F)c2ccccc2F)c1. The highest BCUT2D eigenvalue weighted by molar-refractivity contribution is 5.45. The van der Waals surface area contributed by atoms with Crippen LogP contribution < -0.4 is 5.73 Å². The van der Waals surface area contributed by atoms with Crippen LogP contribution in [0.2, 0.25) is 0 Å². The zero-order valence-electron chi connectivity index (χ0n) is 8.83. The first kappa shape index (κ1) is 11.5. The summed E-state index contributed by atoms with van der Waals surface area (Å²) in [4.78, 5) is 0. The first-order valence-corrected chi connectivity index (χ1v) is 5.00. The molecule has 88 valence electrons. The second-order valence-electron chi connectivity index (χ2n) is 3.68. The molecule has 0 aliphatic heterocycles. The van der Waals surface area contributed by atoms with Gasteiger partial charge in [0.15, 0.2) is 0 Å². The minimum atomic E-state index is -3.39. The summed E-state index contributed by atoms with van der Waals surface area (Å²) in [7, 11) is 0. The molecule has 0 aliphatic carbocycles. The molecule has 0 bridgehead atoms. The fourth-order valence-electron chi connectivity index (χ4n) is 1.61. The van der Waals surface area contributed by atoms with Gasteiger partial charge < -0.3 is 5.73 Å². The zero-order valence-corrected chi connectivity index (χ0v) is 8.83. The number of rotatable bonds is 2. The van der Waals surface area contributed by atoms with Crippen LogP contribution in [0.4, 0.5) is 18.9 Å². The highest BCUT2D eigenvalue weighted by Crippen LogP contribution is 2.37. The molecule has 0 saturated carbocycles. The van der Waals surface area contributed by atoms with Gasteiger partial charge in [0.2, 0.25) is 0 Å². The molecule has 2 aromatic rings. The Labute approximate surface area is 96.7 Å². The Balaban J connectivity index is 2.53. The first-order chi connectivity index (χ1) is 8.01.